The number of carbonyl (C=O) groups is 1. The molecule has 0 aliphatic carbocycles. The minimum absolute atomic E-state index is 0. The number of amides is 1. The van der Waals surface area contributed by atoms with Gasteiger partial charge in [-0.3, -0.25) is 0 Å². The standard InChI is InChI=1S/C10H17N3O2.ClH/c1-3-15-9(14)13-6-4-10(8-11,12-2)5-7-13;/h12H,3-7H2,1-2H3;1H. The quantitative estimate of drug-likeness (QED) is 0.795. The molecule has 0 unspecified atom stereocenters. The van der Waals surface area contributed by atoms with Crippen LogP contribution in [0.2, 0.25) is 0 Å². The van der Waals surface area contributed by atoms with Gasteiger partial charge in [-0.15, -0.1) is 12.4 Å². The van der Waals surface area contributed by atoms with Gasteiger partial charge in [-0.1, -0.05) is 0 Å². The van der Waals surface area contributed by atoms with Crippen molar-refractivity contribution in [2.75, 3.05) is 26.7 Å². The molecule has 1 aliphatic heterocycles. The molecule has 1 saturated heterocycles. The van der Waals surface area contributed by atoms with E-state index in [2.05, 4.69) is 11.4 Å². The Morgan fingerprint density at radius 2 is 2.12 bits per heavy atom. The van der Waals surface area contributed by atoms with Gasteiger partial charge in [-0.05, 0) is 26.8 Å². The molecular weight excluding hydrogens is 230 g/mol. The van der Waals surface area contributed by atoms with Crippen molar-refractivity contribution in [3.63, 3.8) is 0 Å². The maximum Gasteiger partial charge on any atom is 0.409 e. The molecule has 0 aromatic heterocycles. The second-order valence-corrected chi connectivity index (χ2v) is 3.63. The fourth-order valence-electron chi connectivity index (χ4n) is 1.70. The third-order valence-electron chi connectivity index (χ3n) is 2.84. The topological polar surface area (TPSA) is 65.4 Å². The van der Waals surface area contributed by atoms with Crippen molar-refractivity contribution in [2.24, 2.45) is 0 Å². The Hall–Kier alpha value is -0.990. The number of hydrogen-bond acceptors (Lipinski definition) is 4. The van der Waals surface area contributed by atoms with E-state index >= 15 is 0 Å². The molecule has 92 valence electrons. The molecule has 0 radical (unpaired) electrons. The summed E-state index contributed by atoms with van der Waals surface area (Å²) in [5.74, 6) is 0. The number of rotatable bonds is 2. The van der Waals surface area contributed by atoms with Gasteiger partial charge >= 0.3 is 6.09 Å². The highest BCUT2D eigenvalue weighted by atomic mass is 35.5. The van der Waals surface area contributed by atoms with E-state index in [0.29, 0.717) is 32.5 Å². The molecule has 0 aromatic rings. The summed E-state index contributed by atoms with van der Waals surface area (Å²) in [7, 11) is 1.78. The van der Waals surface area contributed by atoms with Gasteiger partial charge < -0.3 is 15.0 Å². The Balaban J connectivity index is 0.00000225. The number of hydrogen-bond donors (Lipinski definition) is 1. The van der Waals surface area contributed by atoms with Crippen LogP contribution in [-0.4, -0.2) is 43.3 Å². The van der Waals surface area contributed by atoms with E-state index < -0.39 is 5.54 Å². The van der Waals surface area contributed by atoms with E-state index in [0.717, 1.165) is 0 Å². The zero-order valence-corrected chi connectivity index (χ0v) is 10.5. The van der Waals surface area contributed by atoms with Gasteiger partial charge in [0.15, 0.2) is 0 Å². The van der Waals surface area contributed by atoms with Crippen LogP contribution in [0.15, 0.2) is 0 Å². The van der Waals surface area contributed by atoms with E-state index in [9.17, 15) is 4.79 Å². The second-order valence-electron chi connectivity index (χ2n) is 3.63. The largest absolute Gasteiger partial charge is 0.450 e. The van der Waals surface area contributed by atoms with Gasteiger partial charge in [0.05, 0.1) is 12.7 Å². The van der Waals surface area contributed by atoms with Crippen LogP contribution in [0.4, 0.5) is 4.79 Å². The van der Waals surface area contributed by atoms with Crippen LogP contribution >= 0.6 is 12.4 Å². The number of ether oxygens (including phenoxy) is 1. The van der Waals surface area contributed by atoms with Crippen molar-refractivity contribution in [1.29, 1.82) is 5.26 Å². The molecule has 1 heterocycles. The fourth-order valence-corrected chi connectivity index (χ4v) is 1.70. The highest BCUT2D eigenvalue weighted by Crippen LogP contribution is 2.21. The van der Waals surface area contributed by atoms with E-state index in [1.165, 1.54) is 0 Å². The average molecular weight is 248 g/mol. The number of piperidine rings is 1. The number of nitrogens with zero attached hydrogens (tertiary/aromatic N) is 2. The molecule has 1 rings (SSSR count). The summed E-state index contributed by atoms with van der Waals surface area (Å²) in [4.78, 5) is 13.0. The summed E-state index contributed by atoms with van der Waals surface area (Å²) in [6, 6.07) is 2.27. The lowest BCUT2D eigenvalue weighted by Gasteiger charge is -2.36. The van der Waals surface area contributed by atoms with Gasteiger partial charge in [-0.2, -0.15) is 5.26 Å². The van der Waals surface area contributed by atoms with Crippen molar-refractivity contribution >= 4 is 18.5 Å². The number of halogens is 1. The van der Waals surface area contributed by atoms with Crippen LogP contribution in [0, 0.1) is 11.3 Å². The summed E-state index contributed by atoms with van der Waals surface area (Å²) < 4.78 is 4.90. The SMILES string of the molecule is CCOC(=O)N1CCC(C#N)(NC)CC1.Cl. The van der Waals surface area contributed by atoms with Crippen LogP contribution in [-0.2, 0) is 4.74 Å². The lowest BCUT2D eigenvalue weighted by molar-refractivity contribution is 0.0897. The third kappa shape index (κ3) is 3.26. The Morgan fingerprint density at radius 1 is 1.56 bits per heavy atom. The first-order valence-electron chi connectivity index (χ1n) is 5.19. The molecule has 0 spiro atoms. The summed E-state index contributed by atoms with van der Waals surface area (Å²) >= 11 is 0. The Labute approximate surface area is 102 Å². The lowest BCUT2D eigenvalue weighted by atomic mass is 9.89. The minimum Gasteiger partial charge on any atom is -0.450 e. The van der Waals surface area contributed by atoms with E-state index in [4.69, 9.17) is 10.00 Å². The van der Waals surface area contributed by atoms with Crippen LogP contribution < -0.4 is 5.32 Å². The average Bonchev–Trinajstić information content (AvgIpc) is 2.29. The zero-order valence-electron chi connectivity index (χ0n) is 9.65. The fraction of sp³-hybridized carbons (Fsp3) is 0.800. The first-order valence-corrected chi connectivity index (χ1v) is 5.19. The molecule has 0 bridgehead atoms. The van der Waals surface area contributed by atoms with Crippen LogP contribution in [0.1, 0.15) is 19.8 Å². The van der Waals surface area contributed by atoms with E-state index in [-0.39, 0.29) is 18.5 Å². The second kappa shape index (κ2) is 6.56. The van der Waals surface area contributed by atoms with Crippen molar-refractivity contribution in [3.8, 4) is 6.07 Å². The summed E-state index contributed by atoms with van der Waals surface area (Å²) in [6.07, 6.45) is 1.03. The van der Waals surface area contributed by atoms with Gasteiger partial charge in [0, 0.05) is 13.1 Å². The Kier molecular flexibility index (Phi) is 6.16. The van der Waals surface area contributed by atoms with Crippen molar-refractivity contribution in [1.82, 2.24) is 10.2 Å². The molecule has 1 amide bonds. The van der Waals surface area contributed by atoms with Gasteiger partial charge in [0.1, 0.15) is 5.54 Å². The monoisotopic (exact) mass is 247 g/mol. The highest BCUT2D eigenvalue weighted by molar-refractivity contribution is 5.85. The van der Waals surface area contributed by atoms with Crippen LogP contribution in [0.5, 0.6) is 0 Å². The summed E-state index contributed by atoms with van der Waals surface area (Å²) in [5, 5.41) is 12.0. The first-order chi connectivity index (χ1) is 7.17. The minimum atomic E-state index is -0.469. The number of nitriles is 1. The molecule has 0 saturated carbocycles. The predicted octanol–water partition coefficient (Wildman–Crippen LogP) is 1.14. The van der Waals surface area contributed by atoms with Crippen molar-refractivity contribution < 1.29 is 9.53 Å². The highest BCUT2D eigenvalue weighted by Gasteiger charge is 2.34. The molecule has 0 aromatic carbocycles. The molecule has 1 fully saturated rings. The molecule has 0 atom stereocenters. The third-order valence-corrected chi connectivity index (χ3v) is 2.84. The predicted molar refractivity (Wildman–Crippen MR) is 62.5 cm³/mol. The first kappa shape index (κ1) is 15.0. The van der Waals surface area contributed by atoms with Gasteiger partial charge in [0.25, 0.3) is 0 Å². The number of nitrogens with one attached hydrogen (secondary N) is 1. The Bertz CT molecular complexity index is 270. The van der Waals surface area contributed by atoms with Crippen molar-refractivity contribution in [2.45, 2.75) is 25.3 Å². The summed E-state index contributed by atoms with van der Waals surface area (Å²) in [6.45, 7) is 3.33. The Morgan fingerprint density at radius 3 is 2.50 bits per heavy atom. The molecule has 6 heteroatoms. The molecule has 1 N–H and O–H groups in total. The zero-order chi connectivity index (χ0) is 11.3. The summed E-state index contributed by atoms with van der Waals surface area (Å²) in [5.41, 5.74) is -0.469. The van der Waals surface area contributed by atoms with E-state index in [1.807, 2.05) is 0 Å². The maximum atomic E-state index is 11.4. The van der Waals surface area contributed by atoms with Gasteiger partial charge in [0.2, 0.25) is 0 Å². The van der Waals surface area contributed by atoms with Crippen LogP contribution in [0.25, 0.3) is 0 Å². The smallest absolute Gasteiger partial charge is 0.409 e. The molecule has 16 heavy (non-hydrogen) atoms. The van der Waals surface area contributed by atoms with E-state index in [1.54, 1.807) is 18.9 Å². The normalized spacial score (nSPS) is 18.2. The van der Waals surface area contributed by atoms with Crippen LogP contribution in [0.3, 0.4) is 0 Å². The number of likely N-dealkylation sites (tertiary alicyclic amines) is 1. The molecular formula is C10H18ClN3O2. The van der Waals surface area contributed by atoms with Crippen molar-refractivity contribution in [3.05, 3.63) is 0 Å². The molecule has 5 nitrogen and oxygen atoms in total. The van der Waals surface area contributed by atoms with Gasteiger partial charge in [-0.25, -0.2) is 4.79 Å². The molecule has 1 aliphatic rings. The maximum absolute atomic E-state index is 11.4. The number of carbonyl (C=O) groups excluding carboxylic acids is 1. The lowest BCUT2D eigenvalue weighted by Crippen LogP contribution is -2.52.